The third kappa shape index (κ3) is 3.05. The molecule has 1 aliphatic heterocycles. The highest BCUT2D eigenvalue weighted by Crippen LogP contribution is 2.50. The molecule has 26 heavy (non-hydrogen) atoms. The Morgan fingerprint density at radius 3 is 2.62 bits per heavy atom. The number of likely N-dealkylation sites (tertiary alicyclic amines) is 1. The Labute approximate surface area is 157 Å². The number of nitrogens with zero attached hydrogens (tertiary/aromatic N) is 2. The van der Waals surface area contributed by atoms with Crippen molar-refractivity contribution >= 4 is 28.6 Å². The number of halogens is 1. The summed E-state index contributed by atoms with van der Waals surface area (Å²) in [7, 11) is 0. The van der Waals surface area contributed by atoms with Crippen LogP contribution in [0, 0.1) is 11.8 Å². The zero-order valence-corrected chi connectivity index (χ0v) is 16.0. The second-order valence-corrected chi connectivity index (χ2v) is 9.07. The number of fused-ring (bicyclic) bond motifs is 2. The highest BCUT2D eigenvalue weighted by atomic mass is 35.5. The van der Waals surface area contributed by atoms with Crippen LogP contribution in [0.15, 0.2) is 18.3 Å². The van der Waals surface area contributed by atoms with Crippen molar-refractivity contribution in [1.29, 1.82) is 0 Å². The van der Waals surface area contributed by atoms with Gasteiger partial charge in [0.1, 0.15) is 5.60 Å². The lowest BCUT2D eigenvalue weighted by Gasteiger charge is -2.28. The summed E-state index contributed by atoms with van der Waals surface area (Å²) in [6, 6.07) is 3.66. The van der Waals surface area contributed by atoms with Crippen molar-refractivity contribution < 1.29 is 14.6 Å². The van der Waals surface area contributed by atoms with E-state index in [0.29, 0.717) is 31.0 Å². The van der Waals surface area contributed by atoms with Gasteiger partial charge in [-0.3, -0.25) is 5.10 Å². The van der Waals surface area contributed by atoms with Crippen molar-refractivity contribution in [2.45, 2.75) is 44.8 Å². The normalized spacial score (nSPS) is 28.6. The van der Waals surface area contributed by atoms with Crippen LogP contribution in [0.1, 0.15) is 39.2 Å². The van der Waals surface area contributed by atoms with E-state index in [1.165, 1.54) is 0 Å². The number of hydrogen-bond acceptors (Lipinski definition) is 4. The van der Waals surface area contributed by atoms with E-state index >= 15 is 0 Å². The molecule has 0 spiro atoms. The minimum atomic E-state index is -0.942. The van der Waals surface area contributed by atoms with Gasteiger partial charge in [0.25, 0.3) is 0 Å². The van der Waals surface area contributed by atoms with Crippen molar-refractivity contribution in [1.82, 2.24) is 15.1 Å². The van der Waals surface area contributed by atoms with Crippen LogP contribution in [0.25, 0.3) is 10.9 Å². The zero-order valence-electron chi connectivity index (χ0n) is 15.3. The molecule has 4 rings (SSSR count). The van der Waals surface area contributed by atoms with E-state index in [-0.39, 0.29) is 17.9 Å². The van der Waals surface area contributed by atoms with E-state index in [9.17, 15) is 9.90 Å². The second-order valence-electron chi connectivity index (χ2n) is 8.63. The highest BCUT2D eigenvalue weighted by molar-refractivity contribution is 6.31. The fraction of sp³-hybridized carbons (Fsp3) is 0.579. The maximum absolute atomic E-state index is 12.3. The first-order valence-electron chi connectivity index (χ1n) is 8.98. The largest absolute Gasteiger partial charge is 0.444 e. The summed E-state index contributed by atoms with van der Waals surface area (Å²) in [5, 5.41) is 19.9. The van der Waals surface area contributed by atoms with Gasteiger partial charge >= 0.3 is 6.09 Å². The maximum atomic E-state index is 12.3. The van der Waals surface area contributed by atoms with Gasteiger partial charge in [-0.05, 0) is 63.1 Å². The molecule has 3 atom stereocenters. The molecule has 2 fully saturated rings. The van der Waals surface area contributed by atoms with Gasteiger partial charge in [0, 0.05) is 23.5 Å². The molecule has 6 nitrogen and oxygen atoms in total. The molecule has 0 bridgehead atoms. The van der Waals surface area contributed by atoms with E-state index in [1.807, 2.05) is 32.9 Å². The van der Waals surface area contributed by atoms with Crippen LogP contribution < -0.4 is 0 Å². The van der Waals surface area contributed by atoms with Crippen LogP contribution in [0.5, 0.6) is 0 Å². The number of amides is 1. The third-order valence-corrected chi connectivity index (χ3v) is 5.67. The lowest BCUT2D eigenvalue weighted by atomic mass is 9.88. The molecule has 2 aliphatic rings. The van der Waals surface area contributed by atoms with Gasteiger partial charge < -0.3 is 14.7 Å². The highest BCUT2D eigenvalue weighted by Gasteiger charge is 2.51. The summed E-state index contributed by atoms with van der Waals surface area (Å²) in [6.07, 6.45) is 2.69. The summed E-state index contributed by atoms with van der Waals surface area (Å²) in [6.45, 7) is 6.86. The first-order valence-corrected chi connectivity index (χ1v) is 9.36. The molecule has 2 aromatic rings. The van der Waals surface area contributed by atoms with Crippen LogP contribution >= 0.6 is 11.6 Å². The number of ether oxygens (including phenoxy) is 1. The number of rotatable bonds is 1. The molecular formula is C19H24ClN3O3. The topological polar surface area (TPSA) is 78.5 Å². The zero-order chi connectivity index (χ0) is 18.7. The van der Waals surface area contributed by atoms with Crippen molar-refractivity contribution in [3.63, 3.8) is 0 Å². The van der Waals surface area contributed by atoms with Crippen LogP contribution in [0.4, 0.5) is 4.79 Å². The van der Waals surface area contributed by atoms with Crippen molar-refractivity contribution in [2.75, 3.05) is 13.1 Å². The molecular weight excluding hydrogens is 354 g/mol. The third-order valence-electron chi connectivity index (χ3n) is 5.45. The predicted molar refractivity (Wildman–Crippen MR) is 99.0 cm³/mol. The van der Waals surface area contributed by atoms with Gasteiger partial charge in [-0.25, -0.2) is 4.79 Å². The average Bonchev–Trinajstić information content (AvgIpc) is 3.17. The molecule has 2 N–H and O–H groups in total. The van der Waals surface area contributed by atoms with Crippen LogP contribution in [0.3, 0.4) is 0 Å². The number of benzene rings is 1. The number of hydrogen-bond donors (Lipinski definition) is 2. The molecule has 2 heterocycles. The number of aliphatic hydroxyl groups is 1. The number of carbonyl (C=O) groups excluding carboxylic acids is 1. The monoisotopic (exact) mass is 377 g/mol. The second kappa shape index (κ2) is 5.86. The summed E-state index contributed by atoms with van der Waals surface area (Å²) in [5.41, 5.74) is 0.214. The fourth-order valence-electron chi connectivity index (χ4n) is 4.45. The lowest BCUT2D eigenvalue weighted by molar-refractivity contribution is 0.0161. The summed E-state index contributed by atoms with van der Waals surface area (Å²) >= 11 is 6.24. The SMILES string of the molecule is CC(C)(C)OC(=O)N1C[C@@H]2CC(O)(c3cc(Cl)cc4[nH]ncc34)C[C@@H]2C1. The van der Waals surface area contributed by atoms with Gasteiger partial charge in [0.2, 0.25) is 0 Å². The van der Waals surface area contributed by atoms with Gasteiger partial charge in [0.05, 0.1) is 17.3 Å². The Morgan fingerprint density at radius 1 is 1.35 bits per heavy atom. The molecule has 0 radical (unpaired) electrons. The number of aromatic nitrogens is 2. The standard InChI is InChI=1S/C19H24ClN3O3/c1-18(2,3)26-17(24)23-9-11-6-19(25,7-12(11)10-23)15-4-13(20)5-16-14(15)8-21-22-16/h4-5,8,11-12,25H,6-7,9-10H2,1-3H3,(H,21,22)/t11-,12+,19?. The maximum Gasteiger partial charge on any atom is 0.410 e. The van der Waals surface area contributed by atoms with Crippen molar-refractivity contribution in [3.05, 3.63) is 28.9 Å². The Kier molecular flexibility index (Phi) is 3.97. The van der Waals surface area contributed by atoms with Crippen molar-refractivity contribution in [3.8, 4) is 0 Å². The van der Waals surface area contributed by atoms with E-state index in [1.54, 1.807) is 11.1 Å². The predicted octanol–water partition coefficient (Wildman–Crippen LogP) is 3.68. The summed E-state index contributed by atoms with van der Waals surface area (Å²) < 4.78 is 5.48. The van der Waals surface area contributed by atoms with E-state index in [4.69, 9.17) is 16.3 Å². The number of aromatic amines is 1. The van der Waals surface area contributed by atoms with E-state index in [2.05, 4.69) is 10.2 Å². The van der Waals surface area contributed by atoms with Gasteiger partial charge in [-0.1, -0.05) is 11.6 Å². The van der Waals surface area contributed by atoms with Gasteiger partial charge in [-0.2, -0.15) is 5.10 Å². The molecule has 1 unspecified atom stereocenters. The fourth-order valence-corrected chi connectivity index (χ4v) is 4.67. The molecule has 7 heteroatoms. The Balaban J connectivity index is 1.53. The number of H-pyrrole nitrogens is 1. The van der Waals surface area contributed by atoms with Gasteiger partial charge in [-0.15, -0.1) is 0 Å². The smallest absolute Gasteiger partial charge is 0.410 e. The van der Waals surface area contributed by atoms with E-state index < -0.39 is 11.2 Å². The molecule has 1 aliphatic carbocycles. The average molecular weight is 378 g/mol. The minimum absolute atomic E-state index is 0.258. The van der Waals surface area contributed by atoms with Crippen LogP contribution in [0.2, 0.25) is 5.02 Å². The summed E-state index contributed by atoms with van der Waals surface area (Å²) in [5.74, 6) is 0.516. The van der Waals surface area contributed by atoms with Crippen LogP contribution in [-0.4, -0.2) is 45.0 Å². The molecule has 1 amide bonds. The Morgan fingerprint density at radius 2 is 2.00 bits per heavy atom. The Hall–Kier alpha value is -1.79. The molecule has 1 aromatic heterocycles. The first kappa shape index (κ1) is 17.6. The molecule has 1 saturated heterocycles. The summed E-state index contributed by atoms with van der Waals surface area (Å²) in [4.78, 5) is 14.1. The van der Waals surface area contributed by atoms with Crippen LogP contribution in [-0.2, 0) is 10.3 Å². The lowest BCUT2D eigenvalue weighted by Crippen LogP contribution is -2.37. The minimum Gasteiger partial charge on any atom is -0.444 e. The quantitative estimate of drug-likeness (QED) is 0.794. The van der Waals surface area contributed by atoms with Gasteiger partial charge in [0.15, 0.2) is 0 Å². The van der Waals surface area contributed by atoms with Crippen molar-refractivity contribution in [2.24, 2.45) is 11.8 Å². The first-order chi connectivity index (χ1) is 12.1. The number of nitrogens with one attached hydrogen (secondary N) is 1. The molecule has 1 saturated carbocycles. The number of carbonyl (C=O) groups is 1. The molecule has 1 aromatic carbocycles. The molecule has 140 valence electrons. The van der Waals surface area contributed by atoms with E-state index in [0.717, 1.165) is 16.5 Å². The Bertz CT molecular complexity index is 843.